The number of likely N-dealkylation sites (tertiary alicyclic amines) is 1. The number of piperidine rings is 1. The van der Waals surface area contributed by atoms with Gasteiger partial charge in [-0.25, -0.2) is 9.69 Å². The molecule has 1 unspecified atom stereocenters. The summed E-state index contributed by atoms with van der Waals surface area (Å²) in [6.07, 6.45) is 1.13. The highest BCUT2D eigenvalue weighted by molar-refractivity contribution is 6.11. The van der Waals surface area contributed by atoms with Gasteiger partial charge in [-0.05, 0) is 49.9 Å². The van der Waals surface area contributed by atoms with Gasteiger partial charge in [0.2, 0.25) is 5.91 Å². The first-order valence-electron chi connectivity index (χ1n) is 10.1. The lowest BCUT2D eigenvalue weighted by molar-refractivity contribution is -0.137. The van der Waals surface area contributed by atoms with Gasteiger partial charge in [-0.15, -0.1) is 0 Å². The van der Waals surface area contributed by atoms with Gasteiger partial charge in [-0.3, -0.25) is 9.59 Å². The number of urea groups is 1. The van der Waals surface area contributed by atoms with Crippen LogP contribution < -0.4 is 15.4 Å². The van der Waals surface area contributed by atoms with Crippen LogP contribution in [0.2, 0.25) is 0 Å². The second-order valence-electron chi connectivity index (χ2n) is 8.28. The molecule has 2 heterocycles. The minimum Gasteiger partial charge on any atom is -0.497 e. The Labute approximate surface area is 171 Å². The van der Waals surface area contributed by atoms with Gasteiger partial charge in [0, 0.05) is 25.3 Å². The van der Waals surface area contributed by atoms with Crippen molar-refractivity contribution in [2.75, 3.05) is 32.1 Å². The number of carbonyl (C=O) groups is 3. The Bertz CT molecular complexity index is 769. The largest absolute Gasteiger partial charge is 0.497 e. The lowest BCUT2D eigenvalue weighted by atomic mass is 9.87. The number of carbonyl (C=O) groups excluding carboxylic acids is 3. The van der Waals surface area contributed by atoms with Crippen molar-refractivity contribution in [1.29, 1.82) is 0 Å². The van der Waals surface area contributed by atoms with E-state index in [1.54, 1.807) is 38.3 Å². The maximum Gasteiger partial charge on any atom is 0.325 e. The van der Waals surface area contributed by atoms with Crippen molar-refractivity contribution in [2.45, 2.75) is 45.2 Å². The predicted octanol–water partition coefficient (Wildman–Crippen LogP) is 2.06. The van der Waals surface area contributed by atoms with E-state index >= 15 is 0 Å². The number of imide groups is 1. The van der Waals surface area contributed by atoms with Gasteiger partial charge in [0.05, 0.1) is 7.11 Å². The predicted molar refractivity (Wildman–Crippen MR) is 110 cm³/mol. The normalized spacial score (nSPS) is 20.1. The van der Waals surface area contributed by atoms with E-state index in [2.05, 4.69) is 29.4 Å². The standard InChI is InChI=1S/C21H30N4O4/c1-14(2)13-24-11-9-21(10-12-24)19(27)25(20(28)23-21)15(3)18(26)22-16-5-7-17(29-4)8-6-16/h5-8,14-15H,9-13H2,1-4H3,(H,22,26)(H,23,28). The summed E-state index contributed by atoms with van der Waals surface area (Å²) < 4.78 is 5.10. The van der Waals surface area contributed by atoms with Crippen molar-refractivity contribution >= 4 is 23.5 Å². The van der Waals surface area contributed by atoms with Crippen molar-refractivity contribution in [2.24, 2.45) is 5.92 Å². The van der Waals surface area contributed by atoms with Gasteiger partial charge in [-0.2, -0.15) is 0 Å². The number of hydrogen-bond donors (Lipinski definition) is 2. The molecule has 29 heavy (non-hydrogen) atoms. The molecule has 8 nitrogen and oxygen atoms in total. The van der Waals surface area contributed by atoms with Crippen LogP contribution in [0.25, 0.3) is 0 Å². The van der Waals surface area contributed by atoms with E-state index < -0.39 is 23.5 Å². The average Bonchev–Trinajstić information content (AvgIpc) is 2.93. The quantitative estimate of drug-likeness (QED) is 0.711. The zero-order valence-electron chi connectivity index (χ0n) is 17.5. The first kappa shape index (κ1) is 21.1. The van der Waals surface area contributed by atoms with Crippen LogP contribution in [0, 0.1) is 5.92 Å². The van der Waals surface area contributed by atoms with Crippen LogP contribution >= 0.6 is 0 Å². The van der Waals surface area contributed by atoms with E-state index in [9.17, 15) is 14.4 Å². The molecular weight excluding hydrogens is 372 g/mol. The Balaban J connectivity index is 1.65. The molecule has 2 N–H and O–H groups in total. The van der Waals surface area contributed by atoms with Crippen LogP contribution in [0.1, 0.15) is 33.6 Å². The molecule has 158 valence electrons. The molecule has 1 aromatic carbocycles. The lowest BCUT2D eigenvalue weighted by Gasteiger charge is -2.38. The number of amides is 4. The van der Waals surface area contributed by atoms with Crippen LogP contribution in [0.5, 0.6) is 5.75 Å². The number of nitrogens with one attached hydrogen (secondary N) is 2. The molecule has 1 aromatic rings. The molecule has 1 spiro atoms. The molecule has 8 heteroatoms. The van der Waals surface area contributed by atoms with Crippen LogP contribution in [-0.4, -0.2) is 66.0 Å². The summed E-state index contributed by atoms with van der Waals surface area (Å²) >= 11 is 0. The molecule has 0 aromatic heterocycles. The molecule has 2 aliphatic rings. The summed E-state index contributed by atoms with van der Waals surface area (Å²) in [4.78, 5) is 41.8. The molecule has 2 saturated heterocycles. The third-order valence-electron chi connectivity index (χ3n) is 5.65. The molecule has 3 rings (SSSR count). The van der Waals surface area contributed by atoms with Gasteiger partial charge >= 0.3 is 6.03 Å². The number of nitrogens with zero attached hydrogens (tertiary/aromatic N) is 2. The molecule has 0 saturated carbocycles. The maximum atomic E-state index is 13.1. The maximum absolute atomic E-state index is 13.1. The van der Waals surface area contributed by atoms with E-state index in [-0.39, 0.29) is 5.91 Å². The number of methoxy groups -OCH3 is 1. The highest BCUT2D eigenvalue weighted by atomic mass is 16.5. The number of anilines is 1. The second kappa shape index (κ2) is 8.41. The Morgan fingerprint density at radius 2 is 1.79 bits per heavy atom. The summed E-state index contributed by atoms with van der Waals surface area (Å²) in [6, 6.07) is 5.48. The highest BCUT2D eigenvalue weighted by Gasteiger charge is 2.54. The van der Waals surface area contributed by atoms with Crippen molar-refractivity contribution in [3.63, 3.8) is 0 Å². The van der Waals surface area contributed by atoms with Gasteiger partial charge in [0.15, 0.2) is 0 Å². The van der Waals surface area contributed by atoms with Crippen LogP contribution in [0.3, 0.4) is 0 Å². The molecule has 4 amide bonds. The Hall–Kier alpha value is -2.61. The topological polar surface area (TPSA) is 91.0 Å². The van der Waals surface area contributed by atoms with Crippen LogP contribution in [-0.2, 0) is 9.59 Å². The molecule has 0 aliphatic carbocycles. The van der Waals surface area contributed by atoms with Crippen molar-refractivity contribution < 1.29 is 19.1 Å². The molecule has 2 fully saturated rings. The number of ether oxygens (including phenoxy) is 1. The Morgan fingerprint density at radius 3 is 2.34 bits per heavy atom. The van der Waals surface area contributed by atoms with Crippen molar-refractivity contribution in [3.05, 3.63) is 24.3 Å². The van der Waals surface area contributed by atoms with Crippen LogP contribution in [0.4, 0.5) is 10.5 Å². The zero-order valence-corrected chi connectivity index (χ0v) is 17.5. The zero-order chi connectivity index (χ0) is 21.2. The van der Waals surface area contributed by atoms with E-state index in [1.807, 2.05) is 0 Å². The molecule has 0 radical (unpaired) electrons. The molecule has 0 bridgehead atoms. The van der Waals surface area contributed by atoms with E-state index in [0.29, 0.717) is 30.2 Å². The number of rotatable bonds is 6. The van der Waals surface area contributed by atoms with Crippen molar-refractivity contribution in [1.82, 2.24) is 15.1 Å². The first-order valence-corrected chi connectivity index (χ1v) is 10.1. The van der Waals surface area contributed by atoms with E-state index in [0.717, 1.165) is 24.5 Å². The fourth-order valence-corrected chi connectivity index (χ4v) is 4.00. The van der Waals surface area contributed by atoms with Crippen LogP contribution in [0.15, 0.2) is 24.3 Å². The smallest absolute Gasteiger partial charge is 0.325 e. The molecular formula is C21H30N4O4. The third-order valence-corrected chi connectivity index (χ3v) is 5.65. The van der Waals surface area contributed by atoms with E-state index in [1.165, 1.54) is 0 Å². The minimum atomic E-state index is -0.905. The molecule has 1 atom stereocenters. The molecule has 2 aliphatic heterocycles. The van der Waals surface area contributed by atoms with Gasteiger partial charge < -0.3 is 20.3 Å². The van der Waals surface area contributed by atoms with Gasteiger partial charge in [-0.1, -0.05) is 13.8 Å². The first-order chi connectivity index (χ1) is 13.8. The van der Waals surface area contributed by atoms with Gasteiger partial charge in [0.1, 0.15) is 17.3 Å². The third kappa shape index (κ3) is 4.37. The summed E-state index contributed by atoms with van der Waals surface area (Å²) in [5.41, 5.74) is -0.314. The number of hydrogen-bond acceptors (Lipinski definition) is 5. The fraction of sp³-hybridized carbons (Fsp3) is 0.571. The summed E-state index contributed by atoms with van der Waals surface area (Å²) in [7, 11) is 1.57. The Morgan fingerprint density at radius 1 is 1.17 bits per heavy atom. The fourth-order valence-electron chi connectivity index (χ4n) is 4.00. The minimum absolute atomic E-state index is 0.302. The summed E-state index contributed by atoms with van der Waals surface area (Å²) in [6.45, 7) is 8.39. The van der Waals surface area contributed by atoms with Crippen molar-refractivity contribution in [3.8, 4) is 5.75 Å². The van der Waals surface area contributed by atoms with Gasteiger partial charge in [0.25, 0.3) is 5.91 Å². The Kier molecular flexibility index (Phi) is 6.12. The summed E-state index contributed by atoms with van der Waals surface area (Å²) in [5.74, 6) is 0.518. The summed E-state index contributed by atoms with van der Waals surface area (Å²) in [5, 5.41) is 5.63. The lowest BCUT2D eigenvalue weighted by Crippen LogP contribution is -2.56. The van der Waals surface area contributed by atoms with E-state index in [4.69, 9.17) is 4.74 Å². The number of benzene rings is 1. The average molecular weight is 402 g/mol. The highest BCUT2D eigenvalue weighted by Crippen LogP contribution is 2.31. The monoisotopic (exact) mass is 402 g/mol. The SMILES string of the molecule is COc1ccc(NC(=O)C(C)N2C(=O)NC3(CCN(CC(C)C)CC3)C2=O)cc1. The second-order valence-corrected chi connectivity index (χ2v) is 8.28.